The SMILES string of the molecule is CC(C)(C)OC(=O)N1Cc2ccccc2CC1CNC(Cc1ccc(Cl)cc1)C(=O)O.[H-].[Li+]. The van der Waals surface area contributed by atoms with Crippen LogP contribution < -0.4 is 24.2 Å². The maximum atomic E-state index is 12.9. The molecule has 0 saturated carbocycles. The Hall–Kier alpha value is -1.97. The van der Waals surface area contributed by atoms with Gasteiger partial charge in [0.2, 0.25) is 0 Å². The summed E-state index contributed by atoms with van der Waals surface area (Å²) in [5, 5.41) is 13.5. The van der Waals surface area contributed by atoms with Crippen LogP contribution in [-0.2, 0) is 28.9 Å². The van der Waals surface area contributed by atoms with Gasteiger partial charge in [-0.2, -0.15) is 0 Å². The predicted octanol–water partition coefficient (Wildman–Crippen LogP) is 1.40. The molecular formula is C24H30ClLiN2O4. The number of nitrogens with one attached hydrogen (secondary N) is 1. The molecule has 0 saturated heterocycles. The number of nitrogens with zero attached hydrogens (tertiary/aromatic N) is 1. The van der Waals surface area contributed by atoms with Gasteiger partial charge in [-0.25, -0.2) is 4.79 Å². The summed E-state index contributed by atoms with van der Waals surface area (Å²) >= 11 is 5.92. The molecule has 0 radical (unpaired) electrons. The van der Waals surface area contributed by atoms with Crippen molar-refractivity contribution in [2.75, 3.05) is 6.54 Å². The summed E-state index contributed by atoms with van der Waals surface area (Å²) in [4.78, 5) is 26.4. The Morgan fingerprint density at radius 3 is 2.41 bits per heavy atom. The number of carbonyl (C=O) groups excluding carboxylic acids is 1. The van der Waals surface area contributed by atoms with Gasteiger partial charge in [-0.3, -0.25) is 9.69 Å². The third-order valence-corrected chi connectivity index (χ3v) is 5.49. The molecule has 2 atom stereocenters. The number of carboxylic acids is 1. The van der Waals surface area contributed by atoms with E-state index >= 15 is 0 Å². The van der Waals surface area contributed by atoms with Crippen molar-refractivity contribution in [3.8, 4) is 0 Å². The summed E-state index contributed by atoms with van der Waals surface area (Å²) in [5.41, 5.74) is 2.52. The Bertz CT molecular complexity index is 937. The van der Waals surface area contributed by atoms with Crippen LogP contribution in [0, 0.1) is 0 Å². The van der Waals surface area contributed by atoms with Crippen LogP contribution >= 0.6 is 11.6 Å². The second-order valence-corrected chi connectivity index (χ2v) is 9.30. The largest absolute Gasteiger partial charge is 1.00 e. The summed E-state index contributed by atoms with van der Waals surface area (Å²) in [6.45, 7) is 6.29. The summed E-state index contributed by atoms with van der Waals surface area (Å²) < 4.78 is 5.61. The van der Waals surface area contributed by atoms with Crippen LogP contribution in [-0.4, -0.2) is 46.3 Å². The van der Waals surface area contributed by atoms with E-state index < -0.39 is 23.7 Å². The Morgan fingerprint density at radius 2 is 1.81 bits per heavy atom. The van der Waals surface area contributed by atoms with E-state index in [1.807, 2.05) is 51.1 Å². The molecule has 8 heteroatoms. The number of hydrogen-bond acceptors (Lipinski definition) is 4. The molecule has 32 heavy (non-hydrogen) atoms. The molecular weight excluding hydrogens is 423 g/mol. The third kappa shape index (κ3) is 7.28. The molecule has 0 spiro atoms. The first-order chi connectivity index (χ1) is 14.6. The fourth-order valence-electron chi connectivity index (χ4n) is 3.69. The van der Waals surface area contributed by atoms with Crippen LogP contribution in [0.3, 0.4) is 0 Å². The zero-order valence-electron chi connectivity index (χ0n) is 20.1. The van der Waals surface area contributed by atoms with Crippen molar-refractivity contribution < 1.29 is 39.7 Å². The van der Waals surface area contributed by atoms with Gasteiger partial charge < -0.3 is 16.6 Å². The van der Waals surface area contributed by atoms with E-state index in [0.717, 1.165) is 11.1 Å². The van der Waals surface area contributed by atoms with Gasteiger partial charge in [-0.05, 0) is 62.4 Å². The molecule has 0 aliphatic carbocycles. The van der Waals surface area contributed by atoms with Crippen molar-refractivity contribution in [2.45, 2.75) is 57.8 Å². The minimum absolute atomic E-state index is 0. The van der Waals surface area contributed by atoms with E-state index in [4.69, 9.17) is 16.3 Å². The number of carboxylic acid groups (broad SMARTS) is 1. The van der Waals surface area contributed by atoms with E-state index in [1.165, 1.54) is 5.56 Å². The number of ether oxygens (including phenoxy) is 1. The van der Waals surface area contributed by atoms with Crippen LogP contribution in [0.1, 0.15) is 38.9 Å². The van der Waals surface area contributed by atoms with Gasteiger partial charge in [-0.1, -0.05) is 48.0 Å². The van der Waals surface area contributed by atoms with Crippen LogP contribution in [0.25, 0.3) is 0 Å². The maximum Gasteiger partial charge on any atom is 1.00 e. The summed E-state index contributed by atoms with van der Waals surface area (Å²) in [6.07, 6.45) is 0.566. The number of aliphatic carboxylic acids is 1. The zero-order valence-corrected chi connectivity index (χ0v) is 19.9. The fourth-order valence-corrected chi connectivity index (χ4v) is 3.81. The quantitative estimate of drug-likeness (QED) is 0.648. The minimum atomic E-state index is -0.935. The van der Waals surface area contributed by atoms with E-state index in [2.05, 4.69) is 11.4 Å². The molecule has 1 amide bonds. The first-order valence-electron chi connectivity index (χ1n) is 10.4. The van der Waals surface area contributed by atoms with Gasteiger partial charge in [-0.15, -0.1) is 0 Å². The number of fused-ring (bicyclic) bond motifs is 1. The third-order valence-electron chi connectivity index (χ3n) is 5.23. The molecule has 0 aromatic heterocycles. The number of hydrogen-bond donors (Lipinski definition) is 2. The molecule has 1 aliphatic rings. The topological polar surface area (TPSA) is 78.9 Å². The molecule has 168 valence electrons. The number of amides is 1. The van der Waals surface area contributed by atoms with Crippen molar-refractivity contribution in [2.24, 2.45) is 0 Å². The molecule has 6 nitrogen and oxygen atoms in total. The summed E-state index contributed by atoms with van der Waals surface area (Å²) in [5.74, 6) is -0.935. The van der Waals surface area contributed by atoms with E-state index in [0.29, 0.717) is 31.0 Å². The molecule has 0 fully saturated rings. The average molecular weight is 453 g/mol. The van der Waals surface area contributed by atoms with Crippen LogP contribution in [0.15, 0.2) is 48.5 Å². The van der Waals surface area contributed by atoms with Crippen LogP contribution in [0.4, 0.5) is 4.79 Å². The van der Waals surface area contributed by atoms with Gasteiger partial charge >= 0.3 is 30.9 Å². The van der Waals surface area contributed by atoms with Crippen molar-refractivity contribution in [3.05, 3.63) is 70.2 Å². The second-order valence-electron chi connectivity index (χ2n) is 8.86. The molecule has 0 bridgehead atoms. The molecule has 1 heterocycles. The normalized spacial score (nSPS) is 16.5. The van der Waals surface area contributed by atoms with E-state index in [-0.39, 0.29) is 26.3 Å². The van der Waals surface area contributed by atoms with Crippen molar-refractivity contribution in [1.29, 1.82) is 0 Å². The molecule has 3 rings (SSSR count). The molecule has 2 aromatic carbocycles. The van der Waals surface area contributed by atoms with Crippen molar-refractivity contribution in [3.63, 3.8) is 0 Å². The van der Waals surface area contributed by atoms with E-state index in [9.17, 15) is 14.7 Å². The van der Waals surface area contributed by atoms with Gasteiger partial charge in [0.1, 0.15) is 11.6 Å². The first kappa shape index (κ1) is 26.3. The number of halogens is 1. The van der Waals surface area contributed by atoms with Crippen LogP contribution in [0.2, 0.25) is 5.02 Å². The summed E-state index contributed by atoms with van der Waals surface area (Å²) in [7, 11) is 0. The predicted molar refractivity (Wildman–Crippen MR) is 121 cm³/mol. The number of carbonyl (C=O) groups is 2. The van der Waals surface area contributed by atoms with Crippen molar-refractivity contribution >= 4 is 23.7 Å². The fraction of sp³-hybridized carbons (Fsp3) is 0.417. The molecule has 2 N–H and O–H groups in total. The monoisotopic (exact) mass is 452 g/mol. The molecule has 1 aliphatic heterocycles. The minimum Gasteiger partial charge on any atom is -1.00 e. The van der Waals surface area contributed by atoms with Gasteiger partial charge in [0.25, 0.3) is 0 Å². The molecule has 2 aromatic rings. The molecule has 2 unspecified atom stereocenters. The maximum absolute atomic E-state index is 12.9. The van der Waals surface area contributed by atoms with Gasteiger partial charge in [0.15, 0.2) is 0 Å². The van der Waals surface area contributed by atoms with E-state index in [1.54, 1.807) is 17.0 Å². The van der Waals surface area contributed by atoms with Gasteiger partial charge in [0.05, 0.1) is 6.04 Å². The Morgan fingerprint density at radius 1 is 1.19 bits per heavy atom. The van der Waals surface area contributed by atoms with Crippen molar-refractivity contribution in [1.82, 2.24) is 10.2 Å². The Labute approximate surface area is 207 Å². The smallest absolute Gasteiger partial charge is 1.00 e. The second kappa shape index (κ2) is 11.2. The standard InChI is InChI=1S/C24H29ClN2O4.Li.H/c1-24(2,3)31-23(30)27-15-18-7-5-4-6-17(18)13-20(27)14-26-21(22(28)29)12-16-8-10-19(25)11-9-16;;/h4-11,20-21,26H,12-15H2,1-3H3,(H,28,29);;/q;+1;-1. The number of benzene rings is 2. The Balaban J connectivity index is 0.00000272. The summed E-state index contributed by atoms with van der Waals surface area (Å²) in [6, 6.07) is 14.2. The van der Waals surface area contributed by atoms with Gasteiger partial charge in [0, 0.05) is 18.1 Å². The van der Waals surface area contributed by atoms with Crippen LogP contribution in [0.5, 0.6) is 0 Å². The Kier molecular flexibility index (Phi) is 9.24. The number of rotatable bonds is 6. The first-order valence-corrected chi connectivity index (χ1v) is 10.8. The zero-order chi connectivity index (χ0) is 22.6. The average Bonchev–Trinajstić information content (AvgIpc) is 2.70.